The Morgan fingerprint density at radius 1 is 1.28 bits per heavy atom. The Labute approximate surface area is 105 Å². The number of carbonyl (C=O) groups is 1. The zero-order chi connectivity index (χ0) is 13.1. The zero-order valence-corrected chi connectivity index (χ0v) is 10.3. The van der Waals surface area contributed by atoms with Gasteiger partial charge in [0.25, 0.3) is 0 Å². The van der Waals surface area contributed by atoms with Gasteiger partial charge in [0.2, 0.25) is 0 Å². The topological polar surface area (TPSA) is 65.2 Å². The second kappa shape index (κ2) is 4.87. The van der Waals surface area contributed by atoms with Crippen LogP contribution in [0.1, 0.15) is 16.1 Å². The number of hydrogen-bond donors (Lipinski definition) is 1. The van der Waals surface area contributed by atoms with Crippen LogP contribution in [0.4, 0.5) is 5.69 Å². The Morgan fingerprint density at radius 3 is 2.56 bits per heavy atom. The summed E-state index contributed by atoms with van der Waals surface area (Å²) in [5.74, 6) is -0.344. The molecule has 0 spiro atoms. The van der Waals surface area contributed by atoms with Gasteiger partial charge in [0.15, 0.2) is 0 Å². The van der Waals surface area contributed by atoms with Gasteiger partial charge >= 0.3 is 5.97 Å². The van der Waals surface area contributed by atoms with Crippen molar-refractivity contribution in [1.82, 2.24) is 4.98 Å². The Hall–Kier alpha value is -2.36. The fourth-order valence-electron chi connectivity index (χ4n) is 1.75. The summed E-state index contributed by atoms with van der Waals surface area (Å²) in [6.45, 7) is 1.92. The number of rotatable bonds is 2. The monoisotopic (exact) mass is 242 g/mol. The molecule has 0 aliphatic rings. The Kier molecular flexibility index (Phi) is 3.28. The lowest BCUT2D eigenvalue weighted by Gasteiger charge is -2.07. The number of nitrogens with two attached hydrogens (primary N) is 1. The molecular formula is C14H14N2O2. The molecule has 4 nitrogen and oxygen atoms in total. The van der Waals surface area contributed by atoms with Crippen molar-refractivity contribution in [2.45, 2.75) is 6.92 Å². The number of nitrogens with zero attached hydrogens (tertiary/aromatic N) is 1. The molecule has 0 unspecified atom stereocenters. The molecule has 1 aromatic heterocycles. The normalized spacial score (nSPS) is 10.1. The number of carbonyl (C=O) groups excluding carboxylic acids is 1. The summed E-state index contributed by atoms with van der Waals surface area (Å²) in [5, 5.41) is 0. The van der Waals surface area contributed by atoms with E-state index in [1.54, 1.807) is 18.3 Å². The van der Waals surface area contributed by atoms with Gasteiger partial charge in [-0.05, 0) is 30.7 Å². The molecule has 0 atom stereocenters. The zero-order valence-electron chi connectivity index (χ0n) is 10.3. The van der Waals surface area contributed by atoms with Gasteiger partial charge in [-0.2, -0.15) is 0 Å². The SMILES string of the molecule is COC(=O)c1ccc(-c2cc(N)cnc2C)cc1. The highest BCUT2D eigenvalue weighted by atomic mass is 16.5. The van der Waals surface area contributed by atoms with Gasteiger partial charge in [0.05, 0.1) is 24.6 Å². The van der Waals surface area contributed by atoms with Crippen molar-refractivity contribution in [1.29, 1.82) is 0 Å². The van der Waals surface area contributed by atoms with E-state index in [1.807, 2.05) is 25.1 Å². The highest BCUT2D eigenvalue weighted by Gasteiger charge is 2.07. The summed E-state index contributed by atoms with van der Waals surface area (Å²) in [4.78, 5) is 15.5. The predicted octanol–water partition coefficient (Wildman–Crippen LogP) is 2.43. The van der Waals surface area contributed by atoms with Crippen LogP contribution in [0.15, 0.2) is 36.5 Å². The van der Waals surface area contributed by atoms with Crippen molar-refractivity contribution in [3.05, 3.63) is 47.8 Å². The van der Waals surface area contributed by atoms with Gasteiger partial charge < -0.3 is 10.5 Å². The van der Waals surface area contributed by atoms with Crippen LogP contribution in [0, 0.1) is 6.92 Å². The minimum absolute atomic E-state index is 0.344. The van der Waals surface area contributed by atoms with E-state index in [-0.39, 0.29) is 5.97 Å². The molecule has 18 heavy (non-hydrogen) atoms. The third-order valence-electron chi connectivity index (χ3n) is 2.73. The maximum Gasteiger partial charge on any atom is 0.337 e. The van der Waals surface area contributed by atoms with Crippen LogP contribution < -0.4 is 5.73 Å². The number of esters is 1. The average Bonchev–Trinajstić information content (AvgIpc) is 2.41. The molecule has 0 aliphatic heterocycles. The van der Waals surface area contributed by atoms with E-state index >= 15 is 0 Å². The van der Waals surface area contributed by atoms with Gasteiger partial charge in [0, 0.05) is 11.3 Å². The first-order valence-corrected chi connectivity index (χ1v) is 5.52. The van der Waals surface area contributed by atoms with Crippen molar-refractivity contribution in [2.24, 2.45) is 0 Å². The van der Waals surface area contributed by atoms with Gasteiger partial charge in [-0.1, -0.05) is 12.1 Å². The van der Waals surface area contributed by atoms with Crippen LogP contribution in [0.2, 0.25) is 0 Å². The maximum atomic E-state index is 11.3. The number of nitrogen functional groups attached to an aromatic ring is 1. The second-order valence-corrected chi connectivity index (χ2v) is 3.97. The Balaban J connectivity index is 2.40. The van der Waals surface area contributed by atoms with Crippen molar-refractivity contribution >= 4 is 11.7 Å². The van der Waals surface area contributed by atoms with Crippen molar-refractivity contribution in [2.75, 3.05) is 12.8 Å². The molecular weight excluding hydrogens is 228 g/mol. The molecule has 0 bridgehead atoms. The fraction of sp³-hybridized carbons (Fsp3) is 0.143. The van der Waals surface area contributed by atoms with Crippen LogP contribution >= 0.6 is 0 Å². The van der Waals surface area contributed by atoms with E-state index in [2.05, 4.69) is 9.72 Å². The number of pyridine rings is 1. The van der Waals surface area contributed by atoms with Gasteiger partial charge in [-0.3, -0.25) is 4.98 Å². The molecule has 0 fully saturated rings. The predicted molar refractivity (Wildman–Crippen MR) is 70.2 cm³/mol. The van der Waals surface area contributed by atoms with E-state index in [0.29, 0.717) is 11.3 Å². The summed E-state index contributed by atoms with van der Waals surface area (Å²) in [6, 6.07) is 9.04. The van der Waals surface area contributed by atoms with Crippen molar-refractivity contribution < 1.29 is 9.53 Å². The lowest BCUT2D eigenvalue weighted by Crippen LogP contribution is -2.00. The minimum atomic E-state index is -0.344. The van der Waals surface area contributed by atoms with E-state index in [9.17, 15) is 4.79 Å². The number of hydrogen-bond acceptors (Lipinski definition) is 4. The quantitative estimate of drug-likeness (QED) is 0.821. The maximum absolute atomic E-state index is 11.3. The van der Waals surface area contributed by atoms with Crippen LogP contribution in [-0.2, 0) is 4.74 Å². The number of aryl methyl sites for hydroxylation is 1. The van der Waals surface area contributed by atoms with Gasteiger partial charge in [-0.25, -0.2) is 4.79 Å². The summed E-state index contributed by atoms with van der Waals surface area (Å²) >= 11 is 0. The van der Waals surface area contributed by atoms with Crippen LogP contribution in [0.5, 0.6) is 0 Å². The number of methoxy groups -OCH3 is 1. The summed E-state index contributed by atoms with van der Waals surface area (Å²) in [6.07, 6.45) is 1.63. The third-order valence-corrected chi connectivity index (χ3v) is 2.73. The van der Waals surface area contributed by atoms with Crippen molar-refractivity contribution in [3.63, 3.8) is 0 Å². The van der Waals surface area contributed by atoms with Crippen LogP contribution in [0.3, 0.4) is 0 Å². The van der Waals surface area contributed by atoms with Crippen LogP contribution in [0.25, 0.3) is 11.1 Å². The first kappa shape index (κ1) is 12.1. The average molecular weight is 242 g/mol. The molecule has 0 saturated carbocycles. The van der Waals surface area contributed by atoms with E-state index < -0.39 is 0 Å². The number of ether oxygens (including phenoxy) is 1. The molecule has 0 aliphatic carbocycles. The standard InChI is InChI=1S/C14H14N2O2/c1-9-13(7-12(15)8-16-9)10-3-5-11(6-4-10)14(17)18-2/h3-8H,15H2,1-2H3. The smallest absolute Gasteiger partial charge is 0.337 e. The molecule has 2 aromatic rings. The largest absolute Gasteiger partial charge is 0.465 e. The molecule has 2 rings (SSSR count). The minimum Gasteiger partial charge on any atom is -0.465 e. The molecule has 92 valence electrons. The second-order valence-electron chi connectivity index (χ2n) is 3.97. The summed E-state index contributed by atoms with van der Waals surface area (Å²) in [7, 11) is 1.36. The summed E-state index contributed by atoms with van der Waals surface area (Å²) < 4.78 is 4.65. The first-order valence-electron chi connectivity index (χ1n) is 5.52. The molecule has 0 radical (unpaired) electrons. The third kappa shape index (κ3) is 2.32. The molecule has 0 saturated heterocycles. The number of benzene rings is 1. The van der Waals surface area contributed by atoms with E-state index in [4.69, 9.17) is 5.73 Å². The first-order chi connectivity index (χ1) is 8.61. The Morgan fingerprint density at radius 2 is 1.94 bits per heavy atom. The van der Waals surface area contributed by atoms with E-state index in [1.165, 1.54) is 7.11 Å². The van der Waals surface area contributed by atoms with Gasteiger partial charge in [-0.15, -0.1) is 0 Å². The molecule has 0 amide bonds. The molecule has 1 heterocycles. The Bertz CT molecular complexity index is 577. The highest BCUT2D eigenvalue weighted by molar-refractivity contribution is 5.90. The molecule has 2 N–H and O–H groups in total. The van der Waals surface area contributed by atoms with Crippen LogP contribution in [-0.4, -0.2) is 18.1 Å². The number of anilines is 1. The van der Waals surface area contributed by atoms with Gasteiger partial charge in [0.1, 0.15) is 0 Å². The number of aromatic nitrogens is 1. The highest BCUT2D eigenvalue weighted by Crippen LogP contribution is 2.24. The van der Waals surface area contributed by atoms with Crippen molar-refractivity contribution in [3.8, 4) is 11.1 Å². The van der Waals surface area contributed by atoms with E-state index in [0.717, 1.165) is 16.8 Å². The summed E-state index contributed by atoms with van der Waals surface area (Å²) in [5.41, 5.74) is 9.70. The fourth-order valence-corrected chi connectivity index (χ4v) is 1.75. The molecule has 4 heteroatoms. The molecule has 1 aromatic carbocycles. The lowest BCUT2D eigenvalue weighted by atomic mass is 10.0. The lowest BCUT2D eigenvalue weighted by molar-refractivity contribution is 0.0601.